The van der Waals surface area contributed by atoms with Gasteiger partial charge in [-0.05, 0) is 108 Å². The molecule has 1 aromatic carbocycles. The first-order valence-corrected chi connectivity index (χ1v) is 21.8. The molecule has 4 aromatic rings. The van der Waals surface area contributed by atoms with E-state index in [1.54, 1.807) is 18.4 Å². The molecule has 0 radical (unpaired) electrons. The normalized spacial score (nSPS) is 17.0. The number of carbonyl (C=O) groups is 2. The van der Waals surface area contributed by atoms with Gasteiger partial charge in [0.25, 0.3) is 6.47 Å². The predicted octanol–water partition coefficient (Wildman–Crippen LogP) is 8.40. The van der Waals surface area contributed by atoms with Gasteiger partial charge in [-0.15, -0.1) is 11.3 Å². The fraction of sp³-hybridized carbons (Fsp3) is 0.565. The summed E-state index contributed by atoms with van der Waals surface area (Å²) in [7, 11) is 6.13. The van der Waals surface area contributed by atoms with E-state index in [4.69, 9.17) is 29.7 Å². The largest absolute Gasteiger partial charge is 0.483 e. The highest BCUT2D eigenvalue weighted by Crippen LogP contribution is 2.40. The van der Waals surface area contributed by atoms with Crippen molar-refractivity contribution in [3.8, 4) is 22.5 Å². The first-order valence-electron chi connectivity index (χ1n) is 21.0. The number of likely N-dealkylation sites (N-methyl/N-ethyl adjacent to an activating group) is 1. The molecule has 334 valence electrons. The van der Waals surface area contributed by atoms with Crippen LogP contribution in [0.3, 0.4) is 0 Å². The highest BCUT2D eigenvalue weighted by atomic mass is 32.1. The van der Waals surface area contributed by atoms with E-state index in [0.717, 1.165) is 90.4 Å². The lowest BCUT2D eigenvalue weighted by Gasteiger charge is -2.34. The number of aryl methyl sites for hydroxylation is 1. The second-order valence-corrected chi connectivity index (χ2v) is 16.9. The Hall–Kier alpha value is -4.21. The van der Waals surface area contributed by atoms with E-state index in [9.17, 15) is 9.18 Å². The van der Waals surface area contributed by atoms with Crippen LogP contribution < -0.4 is 10.7 Å². The highest BCUT2D eigenvalue weighted by Gasteiger charge is 2.27. The van der Waals surface area contributed by atoms with E-state index in [0.29, 0.717) is 25.6 Å². The van der Waals surface area contributed by atoms with Gasteiger partial charge in [0.2, 0.25) is 6.41 Å². The number of pyridine rings is 1. The quantitative estimate of drug-likeness (QED) is 0.0861. The van der Waals surface area contributed by atoms with E-state index < -0.39 is 0 Å². The van der Waals surface area contributed by atoms with Gasteiger partial charge >= 0.3 is 0 Å². The number of thiazole rings is 1. The number of methoxy groups -OCH3 is 1. The summed E-state index contributed by atoms with van der Waals surface area (Å²) in [5.74, 6) is 2.58. The number of aliphatic hydroxyl groups is 1. The molecule has 2 aliphatic rings. The molecule has 60 heavy (non-hydrogen) atoms. The second-order valence-electron chi connectivity index (χ2n) is 15.9. The standard InChI is InChI=1S/C34H44N6O2S.C5H13NO.C5H10.CH3F.CH2O2/c1-7-39-31-13-12-25(30-20-43-32(38-30)19-29(36-21-41)23(4)40-16-9-8-15-37-40)18-27(31)28(17-22(2)3)34(39)26-11-10-14-35-33(26)24(5)42-6;1-5(4-7)6(2)3;1-4-3-5(4)2;1-2;2-1-3/h10-14,18,20-22,24,29,37H,4,7-9,15-17,19H2,1-3,5-6H3,(H,36,41);5,7H,4H2,1-3H3;4-5H,3H2,1-2H3;1H3;1H,(H,2,3). The lowest BCUT2D eigenvalue weighted by Crippen LogP contribution is -2.48. The molecule has 1 aliphatic carbocycles. The number of aromatic nitrogens is 3. The van der Waals surface area contributed by atoms with E-state index in [1.807, 2.05) is 38.2 Å². The number of hydrazine groups is 1. The number of fused-ring (bicyclic) bond motifs is 1. The Morgan fingerprint density at radius 1 is 1.13 bits per heavy atom. The van der Waals surface area contributed by atoms with Gasteiger partial charge in [-0.1, -0.05) is 40.3 Å². The fourth-order valence-electron chi connectivity index (χ4n) is 6.75. The molecule has 5 atom stereocenters. The number of aliphatic hydroxyl groups excluding tert-OH is 1. The van der Waals surface area contributed by atoms with Crippen LogP contribution in [0.5, 0.6) is 0 Å². The third-order valence-corrected chi connectivity index (χ3v) is 11.8. The van der Waals surface area contributed by atoms with Crippen LogP contribution in [0.1, 0.15) is 90.1 Å². The minimum absolute atomic E-state index is 0.116. The number of rotatable bonds is 15. The minimum atomic E-state index is -0.250. The van der Waals surface area contributed by atoms with Crippen LogP contribution in [0.2, 0.25) is 0 Å². The van der Waals surface area contributed by atoms with Crippen LogP contribution in [0.25, 0.3) is 33.4 Å². The fourth-order valence-corrected chi connectivity index (χ4v) is 7.60. The van der Waals surface area contributed by atoms with Gasteiger partial charge in [0.1, 0.15) is 0 Å². The van der Waals surface area contributed by atoms with Crippen LogP contribution in [0.15, 0.2) is 54.2 Å². The Morgan fingerprint density at radius 3 is 2.30 bits per heavy atom. The van der Waals surface area contributed by atoms with Crippen molar-refractivity contribution in [2.75, 3.05) is 48.1 Å². The zero-order chi connectivity index (χ0) is 44.9. The zero-order valence-corrected chi connectivity index (χ0v) is 38.7. The average Bonchev–Trinajstić information content (AvgIpc) is 3.57. The molecule has 1 amide bonds. The maximum Gasteiger partial charge on any atom is 0.290 e. The van der Waals surface area contributed by atoms with Crippen molar-refractivity contribution >= 4 is 35.1 Å². The number of amides is 1. The number of carboxylic acid groups (broad SMARTS) is 1. The van der Waals surface area contributed by atoms with E-state index in [1.165, 1.54) is 28.6 Å². The minimum Gasteiger partial charge on any atom is -0.483 e. The van der Waals surface area contributed by atoms with Gasteiger partial charge in [-0.25, -0.2) is 10.4 Å². The number of nitrogens with zero attached hydrogens (tertiary/aromatic N) is 5. The summed E-state index contributed by atoms with van der Waals surface area (Å²) in [4.78, 5) is 31.6. The molecule has 4 N–H and O–H groups in total. The van der Waals surface area contributed by atoms with Crippen molar-refractivity contribution in [1.29, 1.82) is 0 Å². The number of halogens is 1. The summed E-state index contributed by atoms with van der Waals surface area (Å²) in [5.41, 5.74) is 12.2. The Balaban J connectivity index is 0.000000614. The maximum absolute atomic E-state index is 11.5. The van der Waals surface area contributed by atoms with E-state index in [-0.39, 0.29) is 25.2 Å². The molecule has 0 spiro atoms. The molecule has 1 saturated carbocycles. The number of hydrogen-bond donors (Lipinski definition) is 4. The van der Waals surface area contributed by atoms with Gasteiger partial charge < -0.3 is 34.7 Å². The second kappa shape index (κ2) is 26.9. The van der Waals surface area contributed by atoms with Gasteiger partial charge in [0.05, 0.1) is 48.0 Å². The zero-order valence-electron chi connectivity index (χ0n) is 37.9. The molecule has 5 unspecified atom stereocenters. The molecule has 1 aliphatic heterocycles. The van der Waals surface area contributed by atoms with Crippen LogP contribution in [-0.4, -0.2) is 108 Å². The van der Waals surface area contributed by atoms with Gasteiger partial charge in [0.15, 0.2) is 0 Å². The molecular weight excluding hydrogens is 782 g/mol. The van der Waals surface area contributed by atoms with Crippen molar-refractivity contribution in [1.82, 2.24) is 35.2 Å². The van der Waals surface area contributed by atoms with E-state index in [2.05, 4.69) is 98.1 Å². The molecule has 2 fully saturated rings. The molecule has 14 heteroatoms. The first-order chi connectivity index (χ1) is 28.8. The summed E-state index contributed by atoms with van der Waals surface area (Å²) in [6, 6.07) is 11.0. The van der Waals surface area contributed by atoms with Crippen LogP contribution in [0, 0.1) is 17.8 Å². The van der Waals surface area contributed by atoms with Crippen molar-refractivity contribution < 1.29 is 28.9 Å². The molecular formula is C46H72FN7O5S. The SMILES string of the molecule is C=C(C(Cc1nc(-c2ccc3c(c2)c(CC(C)C)c(-c2cccnc2C(C)OC)n3CC)cs1)NC=O)N1CCCCN1.CC(CO)N(C)C.CC1CC1C.CF.O=CO. The van der Waals surface area contributed by atoms with Crippen molar-refractivity contribution in [3.05, 3.63) is 70.4 Å². The number of carbonyl (C=O) groups excluding carboxylic acids is 1. The summed E-state index contributed by atoms with van der Waals surface area (Å²) in [6.45, 7) is 22.3. The Morgan fingerprint density at radius 2 is 1.80 bits per heavy atom. The van der Waals surface area contributed by atoms with Crippen molar-refractivity contribution in [3.63, 3.8) is 0 Å². The van der Waals surface area contributed by atoms with Gasteiger partial charge in [-0.3, -0.25) is 19.0 Å². The molecule has 3 aromatic heterocycles. The lowest BCUT2D eigenvalue weighted by atomic mass is 9.94. The Bertz CT molecular complexity index is 1870. The monoisotopic (exact) mass is 854 g/mol. The molecule has 0 bridgehead atoms. The van der Waals surface area contributed by atoms with Gasteiger partial charge in [0, 0.05) is 78.5 Å². The maximum atomic E-state index is 11.5. The van der Waals surface area contributed by atoms with Crippen molar-refractivity contribution in [2.24, 2.45) is 17.8 Å². The number of benzene rings is 1. The van der Waals surface area contributed by atoms with E-state index >= 15 is 0 Å². The summed E-state index contributed by atoms with van der Waals surface area (Å²) >= 11 is 1.63. The first kappa shape index (κ1) is 51.9. The van der Waals surface area contributed by atoms with Crippen molar-refractivity contribution in [2.45, 2.75) is 105 Å². The third kappa shape index (κ3) is 15.1. The summed E-state index contributed by atoms with van der Waals surface area (Å²) in [6.07, 6.45) is 7.77. The number of nitrogens with one attached hydrogen (secondary N) is 2. The molecule has 6 rings (SSSR count). The molecule has 4 heterocycles. The Kier molecular flexibility index (Phi) is 23.3. The van der Waals surface area contributed by atoms with Gasteiger partial charge in [-0.2, -0.15) is 0 Å². The summed E-state index contributed by atoms with van der Waals surface area (Å²) < 4.78 is 17.6. The molecule has 1 saturated heterocycles. The smallest absolute Gasteiger partial charge is 0.290 e. The highest BCUT2D eigenvalue weighted by molar-refractivity contribution is 7.10. The lowest BCUT2D eigenvalue weighted by molar-refractivity contribution is -0.122. The van der Waals surface area contributed by atoms with Crippen LogP contribution >= 0.6 is 11.3 Å². The molecule has 12 nitrogen and oxygen atoms in total. The topological polar surface area (TPSA) is 145 Å². The number of alkyl halides is 1. The summed E-state index contributed by atoms with van der Waals surface area (Å²) in [5, 5.41) is 24.7. The number of hydrogen-bond acceptors (Lipinski definition) is 10. The average molecular weight is 854 g/mol. The van der Waals surface area contributed by atoms with Crippen LogP contribution in [0.4, 0.5) is 4.39 Å². The van der Waals surface area contributed by atoms with Crippen LogP contribution in [-0.2, 0) is 33.7 Å². The number of ether oxygens (including phenoxy) is 1. The predicted molar refractivity (Wildman–Crippen MR) is 245 cm³/mol. The Labute approximate surface area is 362 Å². The third-order valence-electron chi connectivity index (χ3n) is 10.9.